The molecule has 1 aromatic carbocycles. The fourth-order valence-electron chi connectivity index (χ4n) is 1.66. The number of carbonyl (C=O) groups excluding carboxylic acids is 1. The number of urea groups is 1. The Bertz CT molecular complexity index is 432. The zero-order chi connectivity index (χ0) is 13.5. The van der Waals surface area contributed by atoms with Gasteiger partial charge in [0.15, 0.2) is 0 Å². The van der Waals surface area contributed by atoms with E-state index in [9.17, 15) is 9.59 Å². The summed E-state index contributed by atoms with van der Waals surface area (Å²) < 4.78 is 0. The molecule has 1 rings (SSSR count). The maximum absolute atomic E-state index is 11.6. The van der Waals surface area contributed by atoms with Gasteiger partial charge in [-0.1, -0.05) is 31.2 Å². The molecule has 0 saturated heterocycles. The highest BCUT2D eigenvalue weighted by Crippen LogP contribution is 2.08. The number of carbonyl (C=O) groups is 2. The SMILES string of the molecule is CCc1ccccc1CNC(=O)N(C)CC(=O)O. The second kappa shape index (κ2) is 6.64. The second-order valence-corrected chi connectivity index (χ2v) is 4.03. The highest BCUT2D eigenvalue weighted by Gasteiger charge is 2.11. The Balaban J connectivity index is 2.54. The van der Waals surface area contributed by atoms with Gasteiger partial charge in [0.25, 0.3) is 0 Å². The second-order valence-electron chi connectivity index (χ2n) is 4.03. The monoisotopic (exact) mass is 250 g/mol. The third-order valence-corrected chi connectivity index (χ3v) is 2.65. The molecule has 1 aromatic rings. The summed E-state index contributed by atoms with van der Waals surface area (Å²) in [6, 6.07) is 7.46. The van der Waals surface area contributed by atoms with Crippen LogP contribution < -0.4 is 5.32 Å². The van der Waals surface area contributed by atoms with Crippen molar-refractivity contribution in [2.45, 2.75) is 19.9 Å². The van der Waals surface area contributed by atoms with Crippen molar-refractivity contribution in [3.63, 3.8) is 0 Å². The number of likely N-dealkylation sites (N-methyl/N-ethyl adjacent to an activating group) is 1. The van der Waals surface area contributed by atoms with Gasteiger partial charge in [0.05, 0.1) is 0 Å². The number of nitrogens with zero attached hydrogens (tertiary/aromatic N) is 1. The first-order chi connectivity index (χ1) is 8.54. The average Bonchev–Trinajstić information content (AvgIpc) is 2.35. The Kier molecular flexibility index (Phi) is 5.17. The summed E-state index contributed by atoms with van der Waals surface area (Å²) in [5, 5.41) is 11.3. The lowest BCUT2D eigenvalue weighted by atomic mass is 10.1. The zero-order valence-electron chi connectivity index (χ0n) is 10.6. The summed E-state index contributed by atoms with van der Waals surface area (Å²) in [7, 11) is 1.45. The standard InChI is InChI=1S/C13H18N2O3/c1-3-10-6-4-5-7-11(10)8-14-13(18)15(2)9-12(16)17/h4-7H,3,8-9H2,1-2H3,(H,14,18)(H,16,17). The molecule has 0 spiro atoms. The molecule has 0 aliphatic rings. The predicted octanol–water partition coefficient (Wildman–Crippen LogP) is 1.48. The topological polar surface area (TPSA) is 69.6 Å². The van der Waals surface area contributed by atoms with Crippen LogP contribution in [0.3, 0.4) is 0 Å². The van der Waals surface area contributed by atoms with Crippen molar-refractivity contribution in [3.05, 3.63) is 35.4 Å². The molecule has 98 valence electrons. The zero-order valence-corrected chi connectivity index (χ0v) is 10.6. The molecule has 0 radical (unpaired) electrons. The quantitative estimate of drug-likeness (QED) is 0.831. The van der Waals surface area contributed by atoms with E-state index in [0.29, 0.717) is 6.54 Å². The van der Waals surface area contributed by atoms with Gasteiger partial charge in [-0.3, -0.25) is 4.79 Å². The van der Waals surface area contributed by atoms with Crippen LogP contribution in [0.4, 0.5) is 4.79 Å². The number of aryl methyl sites for hydroxylation is 1. The molecule has 2 N–H and O–H groups in total. The molecule has 18 heavy (non-hydrogen) atoms. The normalized spacial score (nSPS) is 9.89. The van der Waals surface area contributed by atoms with Gasteiger partial charge in [0.1, 0.15) is 6.54 Å². The number of amides is 2. The van der Waals surface area contributed by atoms with E-state index in [1.165, 1.54) is 12.6 Å². The molecule has 0 bridgehead atoms. The molecule has 5 heteroatoms. The van der Waals surface area contributed by atoms with E-state index in [0.717, 1.165) is 16.9 Å². The van der Waals surface area contributed by atoms with Gasteiger partial charge >= 0.3 is 12.0 Å². The molecule has 0 unspecified atom stereocenters. The third kappa shape index (κ3) is 4.08. The van der Waals surface area contributed by atoms with E-state index in [4.69, 9.17) is 5.11 Å². The smallest absolute Gasteiger partial charge is 0.323 e. The van der Waals surface area contributed by atoms with Crippen LogP contribution in [0.1, 0.15) is 18.1 Å². The lowest BCUT2D eigenvalue weighted by Crippen LogP contribution is -2.39. The highest BCUT2D eigenvalue weighted by molar-refractivity contribution is 5.79. The summed E-state index contributed by atoms with van der Waals surface area (Å²) in [5.74, 6) is -1.03. The van der Waals surface area contributed by atoms with Crippen LogP contribution in [0.25, 0.3) is 0 Å². The van der Waals surface area contributed by atoms with Gasteiger partial charge < -0.3 is 15.3 Å². The Morgan fingerprint density at radius 2 is 1.89 bits per heavy atom. The molecular weight excluding hydrogens is 232 g/mol. The Labute approximate surface area is 106 Å². The van der Waals surface area contributed by atoms with Crippen LogP contribution in [0, 0.1) is 0 Å². The molecule has 0 aromatic heterocycles. The Morgan fingerprint density at radius 3 is 2.44 bits per heavy atom. The third-order valence-electron chi connectivity index (χ3n) is 2.65. The van der Waals surface area contributed by atoms with Crippen molar-refractivity contribution in [1.29, 1.82) is 0 Å². The van der Waals surface area contributed by atoms with E-state index in [2.05, 4.69) is 12.2 Å². The largest absolute Gasteiger partial charge is 0.480 e. The molecule has 0 atom stereocenters. The maximum atomic E-state index is 11.6. The predicted molar refractivity (Wildman–Crippen MR) is 68.3 cm³/mol. The number of hydrogen-bond donors (Lipinski definition) is 2. The summed E-state index contributed by atoms with van der Waals surface area (Å²) in [6.45, 7) is 2.16. The molecule has 0 aliphatic carbocycles. The lowest BCUT2D eigenvalue weighted by molar-refractivity contribution is -0.137. The number of benzene rings is 1. The van der Waals surface area contributed by atoms with Crippen molar-refractivity contribution in [2.24, 2.45) is 0 Å². The molecule has 5 nitrogen and oxygen atoms in total. The average molecular weight is 250 g/mol. The first-order valence-corrected chi connectivity index (χ1v) is 5.82. The Morgan fingerprint density at radius 1 is 1.28 bits per heavy atom. The minimum absolute atomic E-state index is 0.304. The van der Waals surface area contributed by atoms with Crippen molar-refractivity contribution in [3.8, 4) is 0 Å². The van der Waals surface area contributed by atoms with E-state index < -0.39 is 5.97 Å². The van der Waals surface area contributed by atoms with Gasteiger partial charge in [-0.15, -0.1) is 0 Å². The van der Waals surface area contributed by atoms with Crippen LogP contribution >= 0.6 is 0 Å². The van der Waals surface area contributed by atoms with E-state index in [-0.39, 0.29) is 12.6 Å². The van der Waals surface area contributed by atoms with Gasteiger partial charge in [0.2, 0.25) is 0 Å². The van der Waals surface area contributed by atoms with Crippen molar-refractivity contribution in [2.75, 3.05) is 13.6 Å². The molecular formula is C13H18N2O3. The fraction of sp³-hybridized carbons (Fsp3) is 0.385. The van der Waals surface area contributed by atoms with Gasteiger partial charge in [0, 0.05) is 13.6 Å². The van der Waals surface area contributed by atoms with Crippen LogP contribution in [0.2, 0.25) is 0 Å². The van der Waals surface area contributed by atoms with Crippen molar-refractivity contribution in [1.82, 2.24) is 10.2 Å². The number of carboxylic acid groups (broad SMARTS) is 1. The number of rotatable bonds is 5. The molecule has 0 fully saturated rings. The minimum Gasteiger partial charge on any atom is -0.480 e. The maximum Gasteiger partial charge on any atom is 0.323 e. The summed E-state index contributed by atoms with van der Waals surface area (Å²) >= 11 is 0. The summed E-state index contributed by atoms with van der Waals surface area (Å²) in [4.78, 5) is 23.2. The van der Waals surface area contributed by atoms with Crippen LogP contribution in [0.15, 0.2) is 24.3 Å². The van der Waals surface area contributed by atoms with Crippen LogP contribution in [-0.2, 0) is 17.8 Å². The van der Waals surface area contributed by atoms with Crippen LogP contribution in [0.5, 0.6) is 0 Å². The summed E-state index contributed by atoms with van der Waals surface area (Å²) in [6.07, 6.45) is 0.900. The molecule has 0 heterocycles. The number of carboxylic acids is 1. The number of aliphatic carboxylic acids is 1. The van der Waals surface area contributed by atoms with Crippen LogP contribution in [-0.4, -0.2) is 35.6 Å². The van der Waals surface area contributed by atoms with Gasteiger partial charge in [-0.05, 0) is 17.5 Å². The molecule has 2 amide bonds. The minimum atomic E-state index is -1.03. The highest BCUT2D eigenvalue weighted by atomic mass is 16.4. The van der Waals surface area contributed by atoms with Crippen molar-refractivity contribution >= 4 is 12.0 Å². The van der Waals surface area contributed by atoms with Gasteiger partial charge in [-0.2, -0.15) is 0 Å². The molecule has 0 aliphatic heterocycles. The molecule has 0 saturated carbocycles. The first kappa shape index (κ1) is 14.0. The van der Waals surface area contributed by atoms with E-state index in [1.807, 2.05) is 24.3 Å². The fourth-order valence-corrected chi connectivity index (χ4v) is 1.66. The van der Waals surface area contributed by atoms with Gasteiger partial charge in [-0.25, -0.2) is 4.79 Å². The Hall–Kier alpha value is -2.04. The van der Waals surface area contributed by atoms with E-state index >= 15 is 0 Å². The number of hydrogen-bond acceptors (Lipinski definition) is 2. The number of nitrogens with one attached hydrogen (secondary N) is 1. The first-order valence-electron chi connectivity index (χ1n) is 5.82. The summed E-state index contributed by atoms with van der Waals surface area (Å²) in [5.41, 5.74) is 2.23. The lowest BCUT2D eigenvalue weighted by Gasteiger charge is -2.16. The van der Waals surface area contributed by atoms with Crippen molar-refractivity contribution < 1.29 is 14.7 Å². The van der Waals surface area contributed by atoms with E-state index in [1.54, 1.807) is 0 Å².